The number of nitrogens with two attached hydrogens (primary N) is 2. The van der Waals surface area contributed by atoms with Gasteiger partial charge in [-0.1, -0.05) is 30.3 Å². The van der Waals surface area contributed by atoms with Gasteiger partial charge in [-0.25, -0.2) is 4.79 Å². The van der Waals surface area contributed by atoms with Crippen LogP contribution in [0.3, 0.4) is 0 Å². The minimum absolute atomic E-state index is 0.0995. The molecular formula is C28H40N4O3. The molecular weight excluding hydrogens is 440 g/mol. The van der Waals surface area contributed by atoms with Gasteiger partial charge in [-0.05, 0) is 93.9 Å². The van der Waals surface area contributed by atoms with Gasteiger partial charge in [-0.15, -0.1) is 0 Å². The summed E-state index contributed by atoms with van der Waals surface area (Å²) in [6.07, 6.45) is 3.44. The van der Waals surface area contributed by atoms with E-state index in [2.05, 4.69) is 64.8 Å². The number of aryl methyl sites for hydroxylation is 1. The molecule has 0 spiro atoms. The Labute approximate surface area is 209 Å². The van der Waals surface area contributed by atoms with Gasteiger partial charge in [0.2, 0.25) is 5.91 Å². The van der Waals surface area contributed by atoms with Crippen LogP contribution >= 0.6 is 0 Å². The van der Waals surface area contributed by atoms with E-state index in [1.165, 1.54) is 22.3 Å². The van der Waals surface area contributed by atoms with Gasteiger partial charge in [0.1, 0.15) is 0 Å². The van der Waals surface area contributed by atoms with Gasteiger partial charge in [0, 0.05) is 31.2 Å². The van der Waals surface area contributed by atoms with Crippen molar-refractivity contribution < 1.29 is 14.3 Å². The zero-order valence-electron chi connectivity index (χ0n) is 21.5. The molecule has 1 fully saturated rings. The highest BCUT2D eigenvalue weighted by molar-refractivity contribution is 5.94. The van der Waals surface area contributed by atoms with Crippen LogP contribution in [0.15, 0.2) is 42.5 Å². The van der Waals surface area contributed by atoms with E-state index < -0.39 is 6.09 Å². The van der Waals surface area contributed by atoms with Crippen molar-refractivity contribution >= 4 is 17.7 Å². The quantitative estimate of drug-likeness (QED) is 0.673. The summed E-state index contributed by atoms with van der Waals surface area (Å²) >= 11 is 0. The largest absolute Gasteiger partial charge is 0.447 e. The molecule has 0 saturated carbocycles. The van der Waals surface area contributed by atoms with E-state index >= 15 is 0 Å². The number of ether oxygens (including phenoxy) is 1. The average molecular weight is 481 g/mol. The number of rotatable bonds is 4. The summed E-state index contributed by atoms with van der Waals surface area (Å²) in [6, 6.07) is 16.1. The maximum absolute atomic E-state index is 12.1. The van der Waals surface area contributed by atoms with Crippen molar-refractivity contribution in [2.24, 2.45) is 11.5 Å². The average Bonchev–Trinajstić information content (AvgIpc) is 2.80. The Kier molecular flexibility index (Phi) is 9.29. The molecule has 190 valence electrons. The van der Waals surface area contributed by atoms with Crippen molar-refractivity contribution in [2.75, 3.05) is 18.0 Å². The maximum Gasteiger partial charge on any atom is 0.404 e. The standard InChI is InChI=1S/C24H31N3O.C4H9NO2/c1-17-3-6-22-15-21(9-10-24(22)27(17)18(2)28)20-7-4-19(5-8-20)16-26-13-11-23(25)12-14-26;1-3(2)7-4(5)6/h4-5,7-10,15,17,23H,3,6,11-14,16,25H2,1-2H3;3H,1-2H3,(H2,5,6)/t17-;/m0./s1. The van der Waals surface area contributed by atoms with Gasteiger partial charge in [0.05, 0.1) is 6.10 Å². The third-order valence-corrected chi connectivity index (χ3v) is 6.63. The van der Waals surface area contributed by atoms with E-state index in [-0.39, 0.29) is 18.1 Å². The summed E-state index contributed by atoms with van der Waals surface area (Å²) in [5.41, 5.74) is 16.8. The van der Waals surface area contributed by atoms with Gasteiger partial charge < -0.3 is 21.1 Å². The summed E-state index contributed by atoms with van der Waals surface area (Å²) in [5, 5.41) is 0. The molecule has 7 heteroatoms. The van der Waals surface area contributed by atoms with E-state index in [0.717, 1.165) is 51.0 Å². The number of primary amides is 1. The summed E-state index contributed by atoms with van der Waals surface area (Å²) in [6.45, 7) is 10.5. The Balaban J connectivity index is 0.000000429. The normalized spacial score (nSPS) is 18.5. The zero-order chi connectivity index (χ0) is 25.5. The number of carbonyl (C=O) groups is 2. The molecule has 35 heavy (non-hydrogen) atoms. The zero-order valence-corrected chi connectivity index (χ0v) is 21.5. The van der Waals surface area contributed by atoms with Gasteiger partial charge in [-0.3, -0.25) is 9.69 Å². The second kappa shape index (κ2) is 12.2. The monoisotopic (exact) mass is 480 g/mol. The third kappa shape index (κ3) is 7.54. The lowest BCUT2D eigenvalue weighted by Gasteiger charge is -2.34. The number of likely N-dealkylation sites (tertiary alicyclic amines) is 1. The highest BCUT2D eigenvalue weighted by Gasteiger charge is 2.26. The molecule has 4 N–H and O–H groups in total. The van der Waals surface area contributed by atoms with Crippen LogP contribution in [0.1, 0.15) is 58.1 Å². The number of nitrogens with zero attached hydrogens (tertiary/aromatic N) is 2. The molecule has 0 unspecified atom stereocenters. The van der Waals surface area contributed by atoms with Crippen molar-refractivity contribution in [3.05, 3.63) is 53.6 Å². The fraction of sp³-hybridized carbons (Fsp3) is 0.500. The minimum atomic E-state index is -0.713. The molecule has 4 rings (SSSR count). The first kappa shape index (κ1) is 26.7. The summed E-state index contributed by atoms with van der Waals surface area (Å²) in [4.78, 5) is 26.3. The molecule has 2 aromatic rings. The molecule has 7 nitrogen and oxygen atoms in total. The van der Waals surface area contributed by atoms with E-state index in [1.807, 2.05) is 4.90 Å². The van der Waals surface area contributed by atoms with Crippen LogP contribution in [0.25, 0.3) is 11.1 Å². The van der Waals surface area contributed by atoms with E-state index in [0.29, 0.717) is 6.04 Å². The second-order valence-corrected chi connectivity index (χ2v) is 9.92. The summed E-state index contributed by atoms with van der Waals surface area (Å²) < 4.78 is 4.39. The van der Waals surface area contributed by atoms with Gasteiger partial charge >= 0.3 is 6.09 Å². The van der Waals surface area contributed by atoms with Crippen molar-refractivity contribution in [2.45, 2.75) is 78.1 Å². The van der Waals surface area contributed by atoms with Crippen molar-refractivity contribution in [3.8, 4) is 11.1 Å². The number of fused-ring (bicyclic) bond motifs is 1. The number of hydrogen-bond donors (Lipinski definition) is 2. The van der Waals surface area contributed by atoms with Crippen LogP contribution < -0.4 is 16.4 Å². The van der Waals surface area contributed by atoms with E-state index in [4.69, 9.17) is 5.73 Å². The molecule has 0 radical (unpaired) electrons. The van der Waals surface area contributed by atoms with Gasteiger partial charge in [0.15, 0.2) is 0 Å². The second-order valence-electron chi connectivity index (χ2n) is 9.92. The summed E-state index contributed by atoms with van der Waals surface area (Å²) in [7, 11) is 0. The molecule has 2 heterocycles. The summed E-state index contributed by atoms with van der Waals surface area (Å²) in [5.74, 6) is 0.129. The van der Waals surface area contributed by atoms with Gasteiger partial charge in [0.25, 0.3) is 0 Å². The highest BCUT2D eigenvalue weighted by Crippen LogP contribution is 2.34. The van der Waals surface area contributed by atoms with E-state index in [1.54, 1.807) is 20.8 Å². The molecule has 1 atom stereocenters. The number of benzene rings is 2. The van der Waals surface area contributed by atoms with E-state index in [9.17, 15) is 9.59 Å². The lowest BCUT2D eigenvalue weighted by molar-refractivity contribution is -0.117. The van der Waals surface area contributed by atoms with Crippen molar-refractivity contribution in [1.82, 2.24) is 4.90 Å². The fourth-order valence-corrected chi connectivity index (χ4v) is 4.82. The van der Waals surface area contributed by atoms with Crippen LogP contribution in [-0.4, -0.2) is 48.2 Å². The Morgan fingerprint density at radius 1 is 1.03 bits per heavy atom. The van der Waals surface area contributed by atoms with Gasteiger partial charge in [-0.2, -0.15) is 0 Å². The number of anilines is 1. The van der Waals surface area contributed by atoms with Crippen LogP contribution in [-0.2, 0) is 22.5 Å². The first-order valence-corrected chi connectivity index (χ1v) is 12.6. The van der Waals surface area contributed by atoms with Crippen LogP contribution in [0.4, 0.5) is 10.5 Å². The molecule has 2 aliphatic heterocycles. The number of piperidine rings is 1. The smallest absolute Gasteiger partial charge is 0.404 e. The Hall–Kier alpha value is -2.90. The Morgan fingerprint density at radius 3 is 2.20 bits per heavy atom. The van der Waals surface area contributed by atoms with Crippen LogP contribution in [0, 0.1) is 0 Å². The first-order chi connectivity index (χ1) is 16.6. The molecule has 0 bridgehead atoms. The number of hydrogen-bond acceptors (Lipinski definition) is 5. The molecule has 2 amide bonds. The van der Waals surface area contributed by atoms with Crippen LogP contribution in [0.2, 0.25) is 0 Å². The minimum Gasteiger partial charge on any atom is -0.447 e. The Morgan fingerprint density at radius 2 is 1.66 bits per heavy atom. The highest BCUT2D eigenvalue weighted by atomic mass is 16.6. The van der Waals surface area contributed by atoms with Crippen LogP contribution in [0.5, 0.6) is 0 Å². The molecule has 0 aromatic heterocycles. The first-order valence-electron chi connectivity index (χ1n) is 12.6. The lowest BCUT2D eigenvalue weighted by atomic mass is 9.93. The predicted molar refractivity (Wildman–Crippen MR) is 141 cm³/mol. The molecule has 1 saturated heterocycles. The molecule has 2 aliphatic rings. The topological polar surface area (TPSA) is 102 Å². The Bertz CT molecular complexity index is 998. The predicted octanol–water partition coefficient (Wildman–Crippen LogP) is 4.45. The SMILES string of the molecule is CC(=O)N1c2ccc(-c3ccc(CN4CCC(N)CC4)cc3)cc2CC[C@@H]1C.CC(C)OC(N)=O. The number of carbonyl (C=O) groups excluding carboxylic acids is 2. The maximum atomic E-state index is 12.1. The lowest BCUT2D eigenvalue weighted by Crippen LogP contribution is -2.40. The van der Waals surface area contributed by atoms with Crippen molar-refractivity contribution in [3.63, 3.8) is 0 Å². The molecule has 0 aliphatic carbocycles. The van der Waals surface area contributed by atoms with Crippen molar-refractivity contribution in [1.29, 1.82) is 0 Å². The fourth-order valence-electron chi connectivity index (χ4n) is 4.82. The molecule has 2 aromatic carbocycles. The third-order valence-electron chi connectivity index (χ3n) is 6.63. The number of amides is 2.